The van der Waals surface area contributed by atoms with Crippen LogP contribution in [0.5, 0.6) is 0 Å². The summed E-state index contributed by atoms with van der Waals surface area (Å²) in [6.07, 6.45) is 2.18. The molecule has 2 nitrogen and oxygen atoms in total. The predicted octanol–water partition coefficient (Wildman–Crippen LogP) is 3.25. The zero-order valence-electron chi connectivity index (χ0n) is 9.89. The quantitative estimate of drug-likeness (QED) is 0.808. The molecule has 0 aromatic heterocycles. The lowest BCUT2D eigenvalue weighted by Crippen LogP contribution is -2.10. The molecule has 0 amide bonds. The van der Waals surface area contributed by atoms with E-state index in [1.54, 1.807) is 11.9 Å². The van der Waals surface area contributed by atoms with Crippen molar-refractivity contribution in [1.82, 2.24) is 4.72 Å². The lowest BCUT2D eigenvalue weighted by atomic mass is 10.0. The van der Waals surface area contributed by atoms with Gasteiger partial charge in [0.05, 0.1) is 5.70 Å². The van der Waals surface area contributed by atoms with Gasteiger partial charge in [0.25, 0.3) is 0 Å². The second-order valence-corrected chi connectivity index (χ2v) is 5.01. The van der Waals surface area contributed by atoms with Crippen molar-refractivity contribution < 1.29 is 0 Å². The zero-order valence-corrected chi connectivity index (χ0v) is 10.7. The third kappa shape index (κ3) is 2.03. The second-order valence-electron chi connectivity index (χ2n) is 4.16. The minimum absolute atomic E-state index is 0.557. The predicted molar refractivity (Wildman–Crippen MR) is 77.6 cm³/mol. The van der Waals surface area contributed by atoms with E-state index in [4.69, 9.17) is 5.73 Å². The molecule has 0 bridgehead atoms. The Kier molecular flexibility index (Phi) is 3.09. The first-order valence-electron chi connectivity index (χ1n) is 5.90. The average Bonchev–Trinajstić information content (AvgIpc) is 2.46. The Morgan fingerprint density at radius 3 is 2.67 bits per heavy atom. The van der Waals surface area contributed by atoms with Gasteiger partial charge in [-0.2, -0.15) is 0 Å². The van der Waals surface area contributed by atoms with Crippen molar-refractivity contribution in [2.45, 2.75) is 11.4 Å². The number of hydrogen-bond acceptors (Lipinski definition) is 3. The highest BCUT2D eigenvalue weighted by atomic mass is 32.2. The Hall–Kier alpha value is -1.71. The molecule has 0 atom stereocenters. The molecule has 0 spiro atoms. The van der Waals surface area contributed by atoms with Crippen LogP contribution in [0.4, 0.5) is 0 Å². The molecule has 2 aromatic rings. The molecule has 3 N–H and O–H groups in total. The SMILES string of the molecule is NCc1ccccc1C1=Cc2ccccc2SN1. The third-order valence-electron chi connectivity index (χ3n) is 3.02. The van der Waals surface area contributed by atoms with Crippen molar-refractivity contribution in [3.63, 3.8) is 0 Å². The Morgan fingerprint density at radius 1 is 1.00 bits per heavy atom. The van der Waals surface area contributed by atoms with Gasteiger partial charge in [-0.1, -0.05) is 42.5 Å². The minimum Gasteiger partial charge on any atom is -0.326 e. The van der Waals surface area contributed by atoms with Gasteiger partial charge in [-0.25, -0.2) is 0 Å². The van der Waals surface area contributed by atoms with E-state index < -0.39 is 0 Å². The first-order chi connectivity index (χ1) is 8.88. The average molecular weight is 254 g/mol. The molecule has 3 rings (SSSR count). The summed E-state index contributed by atoms with van der Waals surface area (Å²) in [5, 5.41) is 0. The van der Waals surface area contributed by atoms with Crippen molar-refractivity contribution in [3.8, 4) is 0 Å². The summed E-state index contributed by atoms with van der Waals surface area (Å²) in [7, 11) is 0. The highest BCUT2D eigenvalue weighted by Crippen LogP contribution is 2.32. The number of benzene rings is 2. The highest BCUT2D eigenvalue weighted by molar-refractivity contribution is 7.97. The number of nitrogens with two attached hydrogens (primary N) is 1. The van der Waals surface area contributed by atoms with Gasteiger partial charge in [0.2, 0.25) is 0 Å². The maximum absolute atomic E-state index is 5.79. The van der Waals surface area contributed by atoms with E-state index in [2.05, 4.69) is 47.2 Å². The van der Waals surface area contributed by atoms with Gasteiger partial charge in [0, 0.05) is 17.0 Å². The largest absolute Gasteiger partial charge is 0.326 e. The smallest absolute Gasteiger partial charge is 0.0525 e. The Balaban J connectivity index is 2.07. The Morgan fingerprint density at radius 2 is 1.78 bits per heavy atom. The molecule has 18 heavy (non-hydrogen) atoms. The molecule has 0 unspecified atom stereocenters. The Labute approximate surface area is 111 Å². The Bertz CT molecular complexity index is 605. The van der Waals surface area contributed by atoms with E-state index in [1.807, 2.05) is 12.1 Å². The third-order valence-corrected chi connectivity index (χ3v) is 3.93. The number of fused-ring (bicyclic) bond motifs is 1. The molecular formula is C15H14N2S. The molecule has 2 aromatic carbocycles. The zero-order chi connectivity index (χ0) is 12.4. The van der Waals surface area contributed by atoms with Crippen LogP contribution < -0.4 is 10.5 Å². The first-order valence-corrected chi connectivity index (χ1v) is 6.72. The van der Waals surface area contributed by atoms with E-state index in [-0.39, 0.29) is 0 Å². The van der Waals surface area contributed by atoms with Gasteiger partial charge in [-0.15, -0.1) is 0 Å². The highest BCUT2D eigenvalue weighted by Gasteiger charge is 2.13. The van der Waals surface area contributed by atoms with Crippen molar-refractivity contribution >= 4 is 23.7 Å². The summed E-state index contributed by atoms with van der Waals surface area (Å²) in [5.74, 6) is 0. The summed E-state index contributed by atoms with van der Waals surface area (Å²) in [4.78, 5) is 1.26. The van der Waals surface area contributed by atoms with Crippen molar-refractivity contribution in [2.24, 2.45) is 5.73 Å². The molecule has 90 valence electrons. The molecule has 1 aliphatic rings. The van der Waals surface area contributed by atoms with E-state index >= 15 is 0 Å². The normalized spacial score (nSPS) is 13.5. The van der Waals surface area contributed by atoms with Gasteiger partial charge in [0.1, 0.15) is 0 Å². The fraction of sp³-hybridized carbons (Fsp3) is 0.0667. The second kappa shape index (κ2) is 4.88. The van der Waals surface area contributed by atoms with Crippen LogP contribution in [0.25, 0.3) is 11.8 Å². The van der Waals surface area contributed by atoms with Crippen molar-refractivity contribution in [1.29, 1.82) is 0 Å². The molecule has 0 aliphatic carbocycles. The minimum atomic E-state index is 0.557. The molecule has 3 heteroatoms. The van der Waals surface area contributed by atoms with Gasteiger partial charge >= 0.3 is 0 Å². The maximum atomic E-state index is 5.79. The lowest BCUT2D eigenvalue weighted by molar-refractivity contribution is 1.06. The van der Waals surface area contributed by atoms with Gasteiger partial charge in [-0.3, -0.25) is 0 Å². The van der Waals surface area contributed by atoms with Crippen LogP contribution in [0.3, 0.4) is 0 Å². The van der Waals surface area contributed by atoms with Crippen LogP contribution >= 0.6 is 11.9 Å². The maximum Gasteiger partial charge on any atom is 0.0525 e. The molecule has 0 fully saturated rings. The van der Waals surface area contributed by atoms with Gasteiger partial charge < -0.3 is 10.5 Å². The molecule has 1 heterocycles. The lowest BCUT2D eigenvalue weighted by Gasteiger charge is -2.19. The van der Waals surface area contributed by atoms with Crippen LogP contribution in [0.2, 0.25) is 0 Å². The van der Waals surface area contributed by atoms with E-state index in [9.17, 15) is 0 Å². The number of rotatable bonds is 2. The van der Waals surface area contributed by atoms with Crippen molar-refractivity contribution in [2.75, 3.05) is 0 Å². The van der Waals surface area contributed by atoms with Crippen LogP contribution in [0, 0.1) is 0 Å². The number of hydrogen-bond donors (Lipinski definition) is 2. The van der Waals surface area contributed by atoms with Crippen LogP contribution in [0.15, 0.2) is 53.4 Å². The monoisotopic (exact) mass is 254 g/mol. The van der Waals surface area contributed by atoms with Crippen LogP contribution in [-0.4, -0.2) is 0 Å². The summed E-state index contributed by atoms with van der Waals surface area (Å²) in [6.45, 7) is 0.557. The van der Waals surface area contributed by atoms with Gasteiger partial charge in [-0.05, 0) is 35.2 Å². The van der Waals surface area contributed by atoms with Gasteiger partial charge in [0.15, 0.2) is 0 Å². The van der Waals surface area contributed by atoms with Crippen molar-refractivity contribution in [3.05, 3.63) is 65.2 Å². The molecule has 1 aliphatic heterocycles. The van der Waals surface area contributed by atoms with Crippen LogP contribution in [-0.2, 0) is 6.54 Å². The molecular weight excluding hydrogens is 240 g/mol. The summed E-state index contributed by atoms with van der Waals surface area (Å²) >= 11 is 1.65. The fourth-order valence-corrected chi connectivity index (χ4v) is 2.86. The summed E-state index contributed by atoms with van der Waals surface area (Å²) in [5.41, 5.74) is 10.5. The summed E-state index contributed by atoms with van der Waals surface area (Å²) in [6, 6.07) is 16.6. The van der Waals surface area contributed by atoms with E-state index in [0.29, 0.717) is 6.54 Å². The molecule has 0 saturated heterocycles. The first kappa shape index (κ1) is 11.4. The topological polar surface area (TPSA) is 38.0 Å². The molecule has 0 radical (unpaired) electrons. The fourth-order valence-electron chi connectivity index (χ4n) is 2.08. The number of nitrogens with one attached hydrogen (secondary N) is 1. The summed E-state index contributed by atoms with van der Waals surface area (Å²) < 4.78 is 3.39. The molecule has 0 saturated carbocycles. The standard InChI is InChI=1S/C15H14N2S/c16-10-12-6-1-3-7-13(12)14-9-11-5-2-4-8-15(11)18-17-14/h1-9,17H,10,16H2. The van der Waals surface area contributed by atoms with Crippen LogP contribution in [0.1, 0.15) is 16.7 Å². The van der Waals surface area contributed by atoms with E-state index in [1.165, 1.54) is 16.0 Å². The van der Waals surface area contributed by atoms with E-state index in [0.717, 1.165) is 11.3 Å².